The summed E-state index contributed by atoms with van der Waals surface area (Å²) in [5.41, 5.74) is 0. The zero-order valence-electron chi connectivity index (χ0n) is 4.45. The van der Waals surface area contributed by atoms with Gasteiger partial charge in [0.25, 0.3) is 0 Å². The van der Waals surface area contributed by atoms with Crippen LogP contribution in [-0.4, -0.2) is 29.6 Å². The molecular formula is C4H9O3P. The van der Waals surface area contributed by atoms with Crippen LogP contribution in [0.2, 0.25) is 0 Å². The lowest BCUT2D eigenvalue weighted by atomic mass is 10.2. The fourth-order valence-corrected chi connectivity index (χ4v) is 0.720. The summed E-state index contributed by atoms with van der Waals surface area (Å²) in [5.74, 6) is -0.214. The molecule has 0 radical (unpaired) electrons. The third-order valence-corrected chi connectivity index (χ3v) is 1.51. The minimum Gasteiger partial charge on any atom is -0.396 e. The molecule has 0 aliphatic rings. The van der Waals surface area contributed by atoms with Crippen molar-refractivity contribution in [1.29, 1.82) is 0 Å². The fraction of sp³-hybridized carbons (Fsp3) is 1.00. The SMILES string of the molecule is O=PCC(CO)CO. The van der Waals surface area contributed by atoms with Gasteiger partial charge < -0.3 is 10.2 Å². The van der Waals surface area contributed by atoms with E-state index in [-0.39, 0.29) is 27.6 Å². The minimum absolute atomic E-state index is 0.0147. The lowest BCUT2D eigenvalue weighted by Gasteiger charge is -2.02. The van der Waals surface area contributed by atoms with Crippen molar-refractivity contribution < 1.29 is 14.8 Å². The molecule has 0 aromatic heterocycles. The Morgan fingerprint density at radius 1 is 1.38 bits per heavy atom. The largest absolute Gasteiger partial charge is 0.396 e. The number of aliphatic hydroxyl groups is 2. The molecule has 0 heterocycles. The van der Waals surface area contributed by atoms with Crippen molar-refractivity contribution in [3.63, 3.8) is 0 Å². The summed E-state index contributed by atoms with van der Waals surface area (Å²) >= 11 is 0. The molecular weight excluding hydrogens is 127 g/mol. The maximum atomic E-state index is 9.81. The molecule has 0 spiro atoms. The van der Waals surface area contributed by atoms with E-state index < -0.39 is 0 Å². The monoisotopic (exact) mass is 136 g/mol. The van der Waals surface area contributed by atoms with Crippen LogP contribution in [0.15, 0.2) is 0 Å². The summed E-state index contributed by atoms with van der Waals surface area (Å²) in [6.45, 7) is -0.183. The Bertz CT molecular complexity index is 62.3. The van der Waals surface area contributed by atoms with E-state index in [4.69, 9.17) is 10.2 Å². The molecule has 48 valence electrons. The normalized spacial score (nSPS) is 10.9. The van der Waals surface area contributed by atoms with Crippen LogP contribution in [0.25, 0.3) is 0 Å². The average Bonchev–Trinajstić information content (AvgIpc) is 1.83. The molecule has 0 aliphatic heterocycles. The van der Waals surface area contributed by atoms with Gasteiger partial charge in [-0.15, -0.1) is 0 Å². The quantitative estimate of drug-likeness (QED) is 0.529. The fourth-order valence-electron chi connectivity index (χ4n) is 0.279. The van der Waals surface area contributed by atoms with E-state index in [1.165, 1.54) is 0 Å². The van der Waals surface area contributed by atoms with Gasteiger partial charge in [-0.05, 0) is 0 Å². The Balaban J connectivity index is 3.20. The van der Waals surface area contributed by atoms with Crippen molar-refractivity contribution in [2.45, 2.75) is 0 Å². The first-order chi connectivity index (χ1) is 3.85. The predicted molar refractivity (Wildman–Crippen MR) is 30.1 cm³/mol. The van der Waals surface area contributed by atoms with Crippen LogP contribution in [0.4, 0.5) is 0 Å². The number of hydrogen-bond acceptors (Lipinski definition) is 3. The summed E-state index contributed by atoms with van der Waals surface area (Å²) in [6.07, 6.45) is 0.340. The third-order valence-electron chi connectivity index (χ3n) is 0.849. The zero-order valence-corrected chi connectivity index (χ0v) is 5.34. The van der Waals surface area contributed by atoms with Crippen molar-refractivity contribution in [2.24, 2.45) is 5.92 Å². The maximum absolute atomic E-state index is 9.81. The number of hydrogen-bond donors (Lipinski definition) is 2. The molecule has 3 nitrogen and oxygen atoms in total. The van der Waals surface area contributed by atoms with Crippen molar-refractivity contribution in [3.05, 3.63) is 0 Å². The highest BCUT2D eigenvalue weighted by molar-refractivity contribution is 7.23. The summed E-state index contributed by atoms with van der Waals surface area (Å²) < 4.78 is 9.81. The Hall–Kier alpha value is 0.0200. The summed E-state index contributed by atoms with van der Waals surface area (Å²) in [5, 5.41) is 16.7. The van der Waals surface area contributed by atoms with Gasteiger partial charge >= 0.3 is 0 Å². The highest BCUT2D eigenvalue weighted by atomic mass is 31.1. The van der Waals surface area contributed by atoms with Crippen LogP contribution < -0.4 is 0 Å². The number of aliphatic hydroxyl groups excluding tert-OH is 2. The van der Waals surface area contributed by atoms with Gasteiger partial charge in [0.2, 0.25) is 0 Å². The second-order valence-corrected chi connectivity index (χ2v) is 2.17. The Morgan fingerprint density at radius 3 is 2.00 bits per heavy atom. The van der Waals surface area contributed by atoms with Gasteiger partial charge in [0.1, 0.15) is 0 Å². The van der Waals surface area contributed by atoms with Gasteiger partial charge in [0.05, 0.1) is 0 Å². The number of rotatable bonds is 4. The van der Waals surface area contributed by atoms with E-state index in [1.807, 2.05) is 0 Å². The maximum Gasteiger partial charge on any atom is 0.155 e. The molecule has 0 rings (SSSR count). The molecule has 0 bridgehead atoms. The first kappa shape index (κ1) is 8.02. The third kappa shape index (κ3) is 3.08. The van der Waals surface area contributed by atoms with Crippen LogP contribution >= 0.6 is 8.46 Å². The molecule has 2 N–H and O–H groups in total. The molecule has 0 atom stereocenters. The molecule has 0 aromatic carbocycles. The minimum atomic E-state index is -0.214. The highest BCUT2D eigenvalue weighted by Gasteiger charge is 2.03. The molecule has 0 fully saturated rings. The molecule has 8 heavy (non-hydrogen) atoms. The second-order valence-electron chi connectivity index (χ2n) is 1.54. The standard InChI is InChI=1S/C4H9O3P/c5-1-4(2-6)3-8-7/h4-6H,1-3H2. The van der Waals surface area contributed by atoms with Gasteiger partial charge in [0, 0.05) is 25.3 Å². The molecule has 0 aromatic rings. The van der Waals surface area contributed by atoms with Gasteiger partial charge in [-0.2, -0.15) is 0 Å². The van der Waals surface area contributed by atoms with E-state index in [9.17, 15) is 4.57 Å². The molecule has 0 aliphatic carbocycles. The van der Waals surface area contributed by atoms with Crippen molar-refractivity contribution in [2.75, 3.05) is 19.4 Å². The van der Waals surface area contributed by atoms with Crippen molar-refractivity contribution in [3.8, 4) is 0 Å². The van der Waals surface area contributed by atoms with Gasteiger partial charge in [-0.3, -0.25) is 4.57 Å². The summed E-state index contributed by atoms with van der Waals surface area (Å²) in [7, 11) is -0.0147. The van der Waals surface area contributed by atoms with Crippen LogP contribution in [0.3, 0.4) is 0 Å². The van der Waals surface area contributed by atoms with E-state index in [2.05, 4.69) is 0 Å². The predicted octanol–water partition coefficient (Wildman–Crippen LogP) is -0.121. The molecule has 0 amide bonds. The van der Waals surface area contributed by atoms with Gasteiger partial charge in [-0.25, -0.2) is 0 Å². The molecule has 0 saturated carbocycles. The van der Waals surface area contributed by atoms with E-state index in [0.717, 1.165) is 0 Å². The lowest BCUT2D eigenvalue weighted by Crippen LogP contribution is -2.11. The van der Waals surface area contributed by atoms with Gasteiger partial charge in [0.15, 0.2) is 8.46 Å². The second kappa shape index (κ2) is 5.16. The zero-order chi connectivity index (χ0) is 6.41. The van der Waals surface area contributed by atoms with E-state index in [1.54, 1.807) is 0 Å². The molecule has 0 unspecified atom stereocenters. The Labute approximate surface area is 49.5 Å². The lowest BCUT2D eigenvalue weighted by molar-refractivity contribution is 0.164. The van der Waals surface area contributed by atoms with Crippen molar-refractivity contribution >= 4 is 8.46 Å². The smallest absolute Gasteiger partial charge is 0.155 e. The first-order valence-corrected chi connectivity index (χ1v) is 3.35. The van der Waals surface area contributed by atoms with Crippen LogP contribution in [0.5, 0.6) is 0 Å². The van der Waals surface area contributed by atoms with E-state index >= 15 is 0 Å². The molecule has 0 saturated heterocycles. The first-order valence-electron chi connectivity index (χ1n) is 2.36. The van der Waals surface area contributed by atoms with Gasteiger partial charge in [-0.1, -0.05) is 0 Å². The van der Waals surface area contributed by atoms with Crippen LogP contribution in [-0.2, 0) is 4.57 Å². The summed E-state index contributed by atoms with van der Waals surface area (Å²) in [6, 6.07) is 0. The Morgan fingerprint density at radius 2 is 1.88 bits per heavy atom. The Kier molecular flexibility index (Phi) is 5.18. The van der Waals surface area contributed by atoms with E-state index in [0.29, 0.717) is 6.16 Å². The molecule has 4 heteroatoms. The van der Waals surface area contributed by atoms with Crippen LogP contribution in [0, 0.1) is 5.92 Å². The average molecular weight is 136 g/mol. The summed E-state index contributed by atoms with van der Waals surface area (Å²) in [4.78, 5) is 0. The topological polar surface area (TPSA) is 57.5 Å². The van der Waals surface area contributed by atoms with Crippen molar-refractivity contribution in [1.82, 2.24) is 0 Å². The highest BCUT2D eigenvalue weighted by Crippen LogP contribution is 2.02. The van der Waals surface area contributed by atoms with Crippen LogP contribution in [0.1, 0.15) is 0 Å².